The quantitative estimate of drug-likeness (QED) is 0.587. The molecule has 0 aliphatic rings. The van der Waals surface area contributed by atoms with Crippen LogP contribution in [-0.4, -0.2) is 31.2 Å². The number of methoxy groups -OCH3 is 1. The van der Waals surface area contributed by atoms with Crippen LogP contribution in [0, 0.1) is 5.41 Å². The van der Waals surface area contributed by atoms with Crippen molar-refractivity contribution < 1.29 is 40.7 Å². The Balaban J connectivity index is 5.73. The highest BCUT2D eigenvalue weighted by molar-refractivity contribution is 5.81. The van der Waals surface area contributed by atoms with E-state index < -0.39 is 42.4 Å². The molecule has 0 rings (SSSR count). The zero-order valence-electron chi connectivity index (χ0n) is 9.41. The number of rotatable bonds is 4. The summed E-state index contributed by atoms with van der Waals surface area (Å²) >= 11 is 0. The van der Waals surface area contributed by atoms with Gasteiger partial charge in [-0.3, -0.25) is 4.79 Å². The minimum Gasteiger partial charge on any atom is -0.468 e. The molecule has 0 aliphatic heterocycles. The Morgan fingerprint density at radius 1 is 1.00 bits per heavy atom. The Morgan fingerprint density at radius 3 is 1.61 bits per heavy atom. The molecule has 0 N–H and O–H groups in total. The number of carbonyl (C=O) groups is 2. The molecule has 0 aromatic carbocycles. The van der Waals surface area contributed by atoms with Gasteiger partial charge in [-0.1, -0.05) is 0 Å². The summed E-state index contributed by atoms with van der Waals surface area (Å²) in [6, 6.07) is 0. The number of Topliss-reactive ketones (excluding diaryl/α,β-unsaturated/α-hetero) is 1. The molecule has 0 saturated carbocycles. The lowest BCUT2D eigenvalue weighted by Gasteiger charge is -2.34. The van der Waals surface area contributed by atoms with Crippen molar-refractivity contribution >= 4 is 11.8 Å². The molecule has 0 spiro atoms. The van der Waals surface area contributed by atoms with Gasteiger partial charge in [0.05, 0.1) is 7.11 Å². The van der Waals surface area contributed by atoms with E-state index in [-0.39, 0.29) is 0 Å². The van der Waals surface area contributed by atoms with Crippen molar-refractivity contribution in [3.8, 4) is 0 Å². The fourth-order valence-corrected chi connectivity index (χ4v) is 1.32. The Bertz CT molecular complexity index is 316. The first-order chi connectivity index (χ1) is 7.90. The van der Waals surface area contributed by atoms with E-state index in [2.05, 4.69) is 4.74 Å². The van der Waals surface area contributed by atoms with Gasteiger partial charge >= 0.3 is 18.3 Å². The molecule has 106 valence electrons. The number of halogens is 6. The Kier molecular flexibility index (Phi) is 4.78. The first-order valence-electron chi connectivity index (χ1n) is 4.61. The van der Waals surface area contributed by atoms with Crippen LogP contribution in [0.15, 0.2) is 0 Å². The number of ether oxygens (including phenoxy) is 1. The number of hydrogen-bond acceptors (Lipinski definition) is 3. The van der Waals surface area contributed by atoms with Gasteiger partial charge < -0.3 is 9.53 Å². The van der Waals surface area contributed by atoms with Gasteiger partial charge in [-0.25, -0.2) is 0 Å². The van der Waals surface area contributed by atoms with Crippen LogP contribution < -0.4 is 0 Å². The average molecular weight is 280 g/mol. The summed E-state index contributed by atoms with van der Waals surface area (Å²) in [6.07, 6.45) is -14.5. The molecule has 0 amide bonds. The summed E-state index contributed by atoms with van der Waals surface area (Å²) in [6.45, 7) is 0.828. The third-order valence-corrected chi connectivity index (χ3v) is 2.35. The standard InChI is InChI=1S/C9H10F6O3/c1-5(16)3-4-7(6(17)18-2,8(10,11)12)9(13,14)15/h3-4H2,1-2H3. The van der Waals surface area contributed by atoms with Crippen molar-refractivity contribution in [2.75, 3.05) is 7.11 Å². The van der Waals surface area contributed by atoms with Crippen LogP contribution in [-0.2, 0) is 14.3 Å². The largest absolute Gasteiger partial charge is 0.468 e. The molecule has 18 heavy (non-hydrogen) atoms. The van der Waals surface area contributed by atoms with Crippen molar-refractivity contribution in [2.45, 2.75) is 32.1 Å². The van der Waals surface area contributed by atoms with E-state index in [0.717, 1.165) is 6.92 Å². The molecule has 0 unspecified atom stereocenters. The maximum absolute atomic E-state index is 12.6. The van der Waals surface area contributed by atoms with Crippen molar-refractivity contribution in [3.63, 3.8) is 0 Å². The second kappa shape index (κ2) is 5.15. The van der Waals surface area contributed by atoms with Gasteiger partial charge in [-0.05, 0) is 13.3 Å². The lowest BCUT2D eigenvalue weighted by Crippen LogP contribution is -2.56. The van der Waals surface area contributed by atoms with Gasteiger partial charge in [0.25, 0.3) is 5.41 Å². The van der Waals surface area contributed by atoms with Crippen LogP contribution in [0.2, 0.25) is 0 Å². The highest BCUT2D eigenvalue weighted by Crippen LogP contribution is 2.54. The lowest BCUT2D eigenvalue weighted by atomic mass is 9.81. The van der Waals surface area contributed by atoms with E-state index in [9.17, 15) is 35.9 Å². The highest BCUT2D eigenvalue weighted by Gasteiger charge is 2.75. The zero-order chi connectivity index (χ0) is 14.8. The third-order valence-electron chi connectivity index (χ3n) is 2.35. The Morgan fingerprint density at radius 2 is 1.39 bits per heavy atom. The molecule has 0 saturated heterocycles. The van der Waals surface area contributed by atoms with Crippen LogP contribution in [0.1, 0.15) is 19.8 Å². The van der Waals surface area contributed by atoms with Gasteiger partial charge in [0, 0.05) is 6.42 Å². The second-order valence-electron chi connectivity index (χ2n) is 3.59. The summed E-state index contributed by atoms with van der Waals surface area (Å²) in [5.41, 5.74) is -4.67. The van der Waals surface area contributed by atoms with E-state index in [1.54, 1.807) is 0 Å². The molecule has 0 radical (unpaired) electrons. The molecule has 0 heterocycles. The van der Waals surface area contributed by atoms with Crippen molar-refractivity contribution in [1.29, 1.82) is 0 Å². The van der Waals surface area contributed by atoms with E-state index in [0.29, 0.717) is 7.11 Å². The van der Waals surface area contributed by atoms with Gasteiger partial charge in [-0.2, -0.15) is 26.3 Å². The molecule has 0 aliphatic carbocycles. The first kappa shape index (κ1) is 16.7. The smallest absolute Gasteiger partial charge is 0.413 e. The topological polar surface area (TPSA) is 43.4 Å². The first-order valence-corrected chi connectivity index (χ1v) is 4.61. The second-order valence-corrected chi connectivity index (χ2v) is 3.59. The summed E-state index contributed by atoms with van der Waals surface area (Å²) in [7, 11) is 0.419. The van der Waals surface area contributed by atoms with Crippen LogP contribution >= 0.6 is 0 Å². The van der Waals surface area contributed by atoms with Crippen molar-refractivity contribution in [2.24, 2.45) is 5.41 Å². The van der Waals surface area contributed by atoms with E-state index >= 15 is 0 Å². The van der Waals surface area contributed by atoms with Crippen LogP contribution in [0.3, 0.4) is 0 Å². The van der Waals surface area contributed by atoms with E-state index in [1.165, 1.54) is 0 Å². The van der Waals surface area contributed by atoms with Gasteiger partial charge in [0.1, 0.15) is 5.78 Å². The lowest BCUT2D eigenvalue weighted by molar-refractivity contribution is -0.333. The molecule has 9 heteroatoms. The van der Waals surface area contributed by atoms with Crippen molar-refractivity contribution in [3.05, 3.63) is 0 Å². The third kappa shape index (κ3) is 2.94. The molecular formula is C9H10F6O3. The predicted molar refractivity (Wildman–Crippen MR) is 46.5 cm³/mol. The summed E-state index contributed by atoms with van der Waals surface area (Å²) in [4.78, 5) is 21.5. The summed E-state index contributed by atoms with van der Waals surface area (Å²) in [5, 5.41) is 0. The molecule has 0 aromatic rings. The molecule has 0 atom stereocenters. The molecule has 0 aromatic heterocycles. The maximum atomic E-state index is 12.6. The molecule has 3 nitrogen and oxygen atoms in total. The van der Waals surface area contributed by atoms with Gasteiger partial charge in [0.2, 0.25) is 0 Å². The molecule has 0 bridgehead atoms. The van der Waals surface area contributed by atoms with Gasteiger partial charge in [0.15, 0.2) is 0 Å². The Hall–Kier alpha value is -1.28. The minimum absolute atomic E-state index is 0.419. The fraction of sp³-hybridized carbons (Fsp3) is 0.778. The normalized spacial score (nSPS) is 13.3. The molecule has 0 fully saturated rings. The minimum atomic E-state index is -5.90. The number of carbonyl (C=O) groups excluding carboxylic acids is 2. The highest BCUT2D eigenvalue weighted by atomic mass is 19.4. The van der Waals surface area contributed by atoms with E-state index in [1.807, 2.05) is 0 Å². The Labute approximate surface area is 98.1 Å². The maximum Gasteiger partial charge on any atom is 0.413 e. The number of alkyl halides is 6. The number of hydrogen-bond donors (Lipinski definition) is 0. The summed E-state index contributed by atoms with van der Waals surface area (Å²) < 4.78 is 79.4. The zero-order valence-corrected chi connectivity index (χ0v) is 9.41. The van der Waals surface area contributed by atoms with Crippen LogP contribution in [0.5, 0.6) is 0 Å². The fourth-order valence-electron chi connectivity index (χ4n) is 1.32. The average Bonchev–Trinajstić information content (AvgIpc) is 2.13. The SMILES string of the molecule is COC(=O)C(CCC(C)=O)(C(F)(F)F)C(F)(F)F. The van der Waals surface area contributed by atoms with Gasteiger partial charge in [-0.15, -0.1) is 0 Å². The predicted octanol–water partition coefficient (Wildman–Crippen LogP) is 2.64. The van der Waals surface area contributed by atoms with Crippen LogP contribution in [0.4, 0.5) is 26.3 Å². The summed E-state index contributed by atoms with van der Waals surface area (Å²) in [5.74, 6) is -3.36. The van der Waals surface area contributed by atoms with E-state index in [4.69, 9.17) is 0 Å². The van der Waals surface area contributed by atoms with Crippen LogP contribution in [0.25, 0.3) is 0 Å². The number of esters is 1. The molecular weight excluding hydrogens is 270 g/mol. The van der Waals surface area contributed by atoms with Crippen molar-refractivity contribution in [1.82, 2.24) is 0 Å². The monoisotopic (exact) mass is 280 g/mol. The number of ketones is 1.